The molecule has 0 bridgehead atoms. The third-order valence-electron chi connectivity index (χ3n) is 2.44. The van der Waals surface area contributed by atoms with Crippen molar-refractivity contribution in [1.29, 1.82) is 0 Å². The standard InChI is InChI=1S/C9H17NO2S/c1-2-10(5-3-9(11)12)8-4-6-13-7-8/h8H,2-7H2,1H3,(H,11,12). The highest BCUT2D eigenvalue weighted by Gasteiger charge is 2.21. The first kappa shape index (κ1) is 10.9. The number of carboxylic acids is 1. The van der Waals surface area contributed by atoms with Crippen LogP contribution in [-0.4, -0.2) is 46.6 Å². The average molecular weight is 203 g/mol. The minimum absolute atomic E-state index is 0.273. The second-order valence-electron chi connectivity index (χ2n) is 3.29. The van der Waals surface area contributed by atoms with E-state index in [0.717, 1.165) is 6.54 Å². The van der Waals surface area contributed by atoms with Crippen LogP contribution in [0.2, 0.25) is 0 Å². The maximum absolute atomic E-state index is 10.4. The van der Waals surface area contributed by atoms with Gasteiger partial charge in [0.1, 0.15) is 0 Å². The van der Waals surface area contributed by atoms with Crippen molar-refractivity contribution >= 4 is 17.7 Å². The molecule has 1 N–H and O–H groups in total. The molecule has 3 nitrogen and oxygen atoms in total. The molecule has 0 spiro atoms. The van der Waals surface area contributed by atoms with Gasteiger partial charge >= 0.3 is 5.97 Å². The van der Waals surface area contributed by atoms with Gasteiger partial charge in [0.25, 0.3) is 0 Å². The summed E-state index contributed by atoms with van der Waals surface area (Å²) in [5.41, 5.74) is 0. The summed E-state index contributed by atoms with van der Waals surface area (Å²) in [7, 11) is 0. The van der Waals surface area contributed by atoms with Crippen LogP contribution in [0, 0.1) is 0 Å². The van der Waals surface area contributed by atoms with E-state index in [9.17, 15) is 4.79 Å². The molecule has 0 aromatic carbocycles. The molecule has 76 valence electrons. The number of nitrogens with zero attached hydrogens (tertiary/aromatic N) is 1. The maximum Gasteiger partial charge on any atom is 0.304 e. The van der Waals surface area contributed by atoms with Gasteiger partial charge in [0, 0.05) is 18.3 Å². The van der Waals surface area contributed by atoms with Crippen molar-refractivity contribution in [2.24, 2.45) is 0 Å². The number of thioether (sulfide) groups is 1. The van der Waals surface area contributed by atoms with Crippen molar-refractivity contribution in [3.63, 3.8) is 0 Å². The minimum Gasteiger partial charge on any atom is -0.481 e. The van der Waals surface area contributed by atoms with E-state index in [1.165, 1.54) is 17.9 Å². The lowest BCUT2D eigenvalue weighted by atomic mass is 10.2. The van der Waals surface area contributed by atoms with Crippen molar-refractivity contribution in [1.82, 2.24) is 4.90 Å². The lowest BCUT2D eigenvalue weighted by Gasteiger charge is -2.25. The predicted octanol–water partition coefficient (Wildman–Crippen LogP) is 1.29. The first-order valence-corrected chi connectivity index (χ1v) is 5.93. The van der Waals surface area contributed by atoms with Gasteiger partial charge in [-0.05, 0) is 18.7 Å². The molecule has 1 unspecified atom stereocenters. The Bertz CT molecular complexity index is 169. The zero-order valence-corrected chi connectivity index (χ0v) is 8.85. The fourth-order valence-corrected chi connectivity index (χ4v) is 2.90. The van der Waals surface area contributed by atoms with Gasteiger partial charge in [0.2, 0.25) is 0 Å². The van der Waals surface area contributed by atoms with E-state index in [4.69, 9.17) is 5.11 Å². The summed E-state index contributed by atoms with van der Waals surface area (Å²) >= 11 is 1.97. The van der Waals surface area contributed by atoms with Crippen molar-refractivity contribution in [3.8, 4) is 0 Å². The molecule has 1 fully saturated rings. The average Bonchev–Trinajstić information content (AvgIpc) is 2.58. The smallest absolute Gasteiger partial charge is 0.304 e. The quantitative estimate of drug-likeness (QED) is 0.731. The Balaban J connectivity index is 2.28. The van der Waals surface area contributed by atoms with Crippen molar-refractivity contribution in [2.75, 3.05) is 24.6 Å². The number of aliphatic carboxylic acids is 1. The molecule has 0 amide bonds. The zero-order valence-electron chi connectivity index (χ0n) is 8.03. The molecule has 0 saturated carbocycles. The molecule has 1 aliphatic rings. The number of rotatable bonds is 5. The molecule has 0 aliphatic carbocycles. The summed E-state index contributed by atoms with van der Waals surface area (Å²) in [5, 5.41) is 8.57. The van der Waals surface area contributed by atoms with Crippen LogP contribution in [0.25, 0.3) is 0 Å². The van der Waals surface area contributed by atoms with Gasteiger partial charge in [0.15, 0.2) is 0 Å². The summed E-state index contributed by atoms with van der Waals surface area (Å²) in [5.74, 6) is 1.71. The van der Waals surface area contributed by atoms with Crippen LogP contribution >= 0.6 is 11.8 Å². The van der Waals surface area contributed by atoms with Crippen LogP contribution in [0.1, 0.15) is 19.8 Å². The number of carboxylic acid groups (broad SMARTS) is 1. The van der Waals surface area contributed by atoms with E-state index in [-0.39, 0.29) is 6.42 Å². The summed E-state index contributed by atoms with van der Waals surface area (Å²) in [6.45, 7) is 3.78. The molecule has 13 heavy (non-hydrogen) atoms. The molecular formula is C9H17NO2S. The number of carbonyl (C=O) groups is 1. The molecule has 4 heteroatoms. The van der Waals surface area contributed by atoms with Gasteiger partial charge in [-0.25, -0.2) is 0 Å². The molecule has 1 heterocycles. The van der Waals surface area contributed by atoms with Crippen LogP contribution in [0.4, 0.5) is 0 Å². The monoisotopic (exact) mass is 203 g/mol. The van der Waals surface area contributed by atoms with Crippen molar-refractivity contribution in [2.45, 2.75) is 25.8 Å². The Morgan fingerprint density at radius 2 is 2.46 bits per heavy atom. The van der Waals surface area contributed by atoms with Crippen LogP contribution in [-0.2, 0) is 4.79 Å². The van der Waals surface area contributed by atoms with Crippen LogP contribution in [0.5, 0.6) is 0 Å². The van der Waals surface area contributed by atoms with Gasteiger partial charge in [-0.2, -0.15) is 11.8 Å². The second-order valence-corrected chi connectivity index (χ2v) is 4.44. The minimum atomic E-state index is -0.691. The van der Waals surface area contributed by atoms with Gasteiger partial charge < -0.3 is 5.11 Å². The lowest BCUT2D eigenvalue weighted by Crippen LogP contribution is -2.36. The van der Waals surface area contributed by atoms with E-state index >= 15 is 0 Å². The van der Waals surface area contributed by atoms with E-state index in [2.05, 4.69) is 11.8 Å². The summed E-state index contributed by atoms with van der Waals surface area (Å²) in [4.78, 5) is 12.7. The molecule has 1 rings (SSSR count). The van der Waals surface area contributed by atoms with Crippen LogP contribution in [0.15, 0.2) is 0 Å². The third-order valence-corrected chi connectivity index (χ3v) is 3.59. The fraction of sp³-hybridized carbons (Fsp3) is 0.889. The second kappa shape index (κ2) is 5.50. The highest BCUT2D eigenvalue weighted by Crippen LogP contribution is 2.22. The van der Waals surface area contributed by atoms with Gasteiger partial charge in [0.05, 0.1) is 6.42 Å². The van der Waals surface area contributed by atoms with Crippen molar-refractivity contribution < 1.29 is 9.90 Å². The Kier molecular flexibility index (Phi) is 4.59. The first-order valence-electron chi connectivity index (χ1n) is 4.77. The highest BCUT2D eigenvalue weighted by atomic mass is 32.2. The van der Waals surface area contributed by atoms with Crippen molar-refractivity contribution in [3.05, 3.63) is 0 Å². The van der Waals surface area contributed by atoms with Gasteiger partial charge in [-0.1, -0.05) is 6.92 Å². The number of hydrogen-bond acceptors (Lipinski definition) is 3. The largest absolute Gasteiger partial charge is 0.481 e. The SMILES string of the molecule is CCN(CCC(=O)O)C1CCSC1. The molecule has 0 aromatic heterocycles. The Labute approximate surface area is 83.5 Å². The summed E-state index contributed by atoms with van der Waals surface area (Å²) < 4.78 is 0. The molecular weight excluding hydrogens is 186 g/mol. The molecule has 0 radical (unpaired) electrons. The van der Waals surface area contributed by atoms with E-state index in [1.54, 1.807) is 0 Å². The first-order chi connectivity index (χ1) is 6.24. The normalized spacial score (nSPS) is 22.5. The molecule has 1 saturated heterocycles. The summed E-state index contributed by atoms with van der Waals surface area (Å²) in [6, 6.07) is 0.620. The Morgan fingerprint density at radius 3 is 2.92 bits per heavy atom. The van der Waals surface area contributed by atoms with Gasteiger partial charge in [-0.15, -0.1) is 0 Å². The Hall–Kier alpha value is -0.220. The predicted molar refractivity (Wildman–Crippen MR) is 55.2 cm³/mol. The fourth-order valence-electron chi connectivity index (χ4n) is 1.65. The topological polar surface area (TPSA) is 40.5 Å². The Morgan fingerprint density at radius 1 is 1.69 bits per heavy atom. The molecule has 1 aliphatic heterocycles. The lowest BCUT2D eigenvalue weighted by molar-refractivity contribution is -0.137. The van der Waals surface area contributed by atoms with E-state index < -0.39 is 5.97 Å². The van der Waals surface area contributed by atoms with E-state index in [1.807, 2.05) is 11.8 Å². The molecule has 0 aromatic rings. The molecule has 1 atom stereocenters. The third kappa shape index (κ3) is 3.56. The van der Waals surface area contributed by atoms with Crippen LogP contribution in [0.3, 0.4) is 0 Å². The van der Waals surface area contributed by atoms with E-state index in [0.29, 0.717) is 12.6 Å². The maximum atomic E-state index is 10.4. The highest BCUT2D eigenvalue weighted by molar-refractivity contribution is 7.99. The van der Waals surface area contributed by atoms with Gasteiger partial charge in [-0.3, -0.25) is 9.69 Å². The van der Waals surface area contributed by atoms with Crippen LogP contribution < -0.4 is 0 Å². The summed E-state index contributed by atoms with van der Waals surface area (Å²) in [6.07, 6.45) is 1.49. The zero-order chi connectivity index (χ0) is 9.68. The number of hydrogen-bond donors (Lipinski definition) is 1.